The van der Waals surface area contributed by atoms with Crippen molar-refractivity contribution in [3.63, 3.8) is 0 Å². The highest BCUT2D eigenvalue weighted by Gasteiger charge is 2.12. The first kappa shape index (κ1) is 17.3. The molecule has 7 nitrogen and oxygen atoms in total. The van der Waals surface area contributed by atoms with Crippen LogP contribution in [0.4, 0.5) is 11.5 Å². The minimum Gasteiger partial charge on any atom is -0.379 e. The first-order valence-corrected chi connectivity index (χ1v) is 8.47. The first-order chi connectivity index (χ1) is 12.2. The molecule has 0 atom stereocenters. The number of hydrogen-bond donors (Lipinski definition) is 2. The van der Waals surface area contributed by atoms with E-state index in [1.54, 1.807) is 12.1 Å². The normalized spacial score (nSPS) is 14.9. The Bertz CT molecular complexity index is 699. The minimum absolute atomic E-state index is 0.205. The fourth-order valence-corrected chi connectivity index (χ4v) is 2.61. The van der Waals surface area contributed by atoms with Gasteiger partial charge in [-0.1, -0.05) is 18.2 Å². The molecule has 0 spiro atoms. The molecule has 0 unspecified atom stereocenters. The smallest absolute Gasteiger partial charge is 0.271 e. The molecule has 25 heavy (non-hydrogen) atoms. The lowest BCUT2D eigenvalue weighted by molar-refractivity contribution is 0.0383. The molecule has 2 heterocycles. The van der Waals surface area contributed by atoms with E-state index in [9.17, 15) is 4.79 Å². The second kappa shape index (κ2) is 8.55. The molecule has 0 bridgehead atoms. The summed E-state index contributed by atoms with van der Waals surface area (Å²) in [5.41, 5.74) is 2.41. The van der Waals surface area contributed by atoms with Crippen molar-refractivity contribution < 1.29 is 9.53 Å². The van der Waals surface area contributed by atoms with Crippen LogP contribution in [0.1, 0.15) is 16.1 Å². The van der Waals surface area contributed by atoms with E-state index in [1.807, 2.05) is 31.2 Å². The first-order valence-electron chi connectivity index (χ1n) is 8.47. The molecular formula is C18H23N5O2. The second-order valence-corrected chi connectivity index (χ2v) is 5.95. The van der Waals surface area contributed by atoms with E-state index in [2.05, 4.69) is 25.7 Å². The summed E-state index contributed by atoms with van der Waals surface area (Å²) in [5, 5.41) is 14.2. The molecule has 7 heteroatoms. The van der Waals surface area contributed by atoms with Gasteiger partial charge in [-0.25, -0.2) is 0 Å². The highest BCUT2D eigenvalue weighted by molar-refractivity contribution is 5.92. The van der Waals surface area contributed by atoms with Crippen molar-refractivity contribution in [1.82, 2.24) is 20.4 Å². The van der Waals surface area contributed by atoms with Crippen molar-refractivity contribution in [2.24, 2.45) is 0 Å². The molecule has 0 radical (unpaired) electrons. The van der Waals surface area contributed by atoms with Crippen LogP contribution in [0.2, 0.25) is 0 Å². The minimum atomic E-state index is -0.205. The summed E-state index contributed by atoms with van der Waals surface area (Å²) >= 11 is 0. The number of carbonyl (C=O) groups is 1. The molecule has 1 fully saturated rings. The fraction of sp³-hybridized carbons (Fsp3) is 0.389. The van der Waals surface area contributed by atoms with E-state index >= 15 is 0 Å². The topological polar surface area (TPSA) is 79.4 Å². The molecule has 3 rings (SSSR count). The van der Waals surface area contributed by atoms with Gasteiger partial charge in [-0.15, -0.1) is 10.2 Å². The Hall–Kier alpha value is -2.51. The highest BCUT2D eigenvalue weighted by atomic mass is 16.5. The number of nitrogens with one attached hydrogen (secondary N) is 2. The number of anilines is 2. The number of hydrogen-bond acceptors (Lipinski definition) is 6. The number of amides is 1. The Kier molecular flexibility index (Phi) is 5.92. The SMILES string of the molecule is Cc1ccccc1Nc1ccc(C(=O)NCCN2CCOCC2)nn1. The Morgan fingerprint density at radius 1 is 1.16 bits per heavy atom. The zero-order valence-corrected chi connectivity index (χ0v) is 14.4. The molecule has 0 aliphatic carbocycles. The molecule has 1 amide bonds. The van der Waals surface area contributed by atoms with Gasteiger partial charge in [0.25, 0.3) is 5.91 Å². The van der Waals surface area contributed by atoms with Crippen molar-refractivity contribution in [1.29, 1.82) is 0 Å². The largest absolute Gasteiger partial charge is 0.379 e. The molecule has 1 aromatic heterocycles. The van der Waals surface area contributed by atoms with Crippen LogP contribution < -0.4 is 10.6 Å². The molecule has 1 aromatic carbocycles. The standard InChI is InChI=1S/C18H23N5O2/c1-14-4-2-3-5-15(14)20-17-7-6-16(21-22-17)18(24)19-8-9-23-10-12-25-13-11-23/h2-7H,8-13H2,1H3,(H,19,24)(H,20,22). The van der Waals surface area contributed by atoms with Gasteiger partial charge in [0.15, 0.2) is 11.5 Å². The number of morpholine rings is 1. The van der Waals surface area contributed by atoms with Gasteiger partial charge in [0, 0.05) is 31.9 Å². The van der Waals surface area contributed by atoms with Crippen LogP contribution >= 0.6 is 0 Å². The van der Waals surface area contributed by atoms with Gasteiger partial charge in [-0.05, 0) is 30.7 Å². The van der Waals surface area contributed by atoms with Crippen LogP contribution in [0, 0.1) is 6.92 Å². The fourth-order valence-electron chi connectivity index (χ4n) is 2.61. The maximum absolute atomic E-state index is 12.1. The summed E-state index contributed by atoms with van der Waals surface area (Å²) in [4.78, 5) is 14.4. The lowest BCUT2D eigenvalue weighted by Crippen LogP contribution is -2.41. The van der Waals surface area contributed by atoms with Crippen LogP contribution in [0.25, 0.3) is 0 Å². The Morgan fingerprint density at radius 2 is 1.96 bits per heavy atom. The quantitative estimate of drug-likeness (QED) is 0.831. The van der Waals surface area contributed by atoms with Gasteiger partial charge in [0.1, 0.15) is 0 Å². The van der Waals surface area contributed by atoms with Crippen molar-refractivity contribution in [3.8, 4) is 0 Å². The summed E-state index contributed by atoms with van der Waals surface area (Å²) < 4.78 is 5.30. The Morgan fingerprint density at radius 3 is 2.68 bits per heavy atom. The molecule has 1 aliphatic heterocycles. The highest BCUT2D eigenvalue weighted by Crippen LogP contribution is 2.17. The third-order valence-electron chi connectivity index (χ3n) is 4.12. The van der Waals surface area contributed by atoms with Crippen LogP contribution in [-0.2, 0) is 4.74 Å². The lowest BCUT2D eigenvalue weighted by Gasteiger charge is -2.26. The second-order valence-electron chi connectivity index (χ2n) is 5.95. The Labute approximate surface area is 147 Å². The zero-order chi connectivity index (χ0) is 17.5. The van der Waals surface area contributed by atoms with Gasteiger partial charge in [0.2, 0.25) is 0 Å². The van der Waals surface area contributed by atoms with E-state index in [-0.39, 0.29) is 5.91 Å². The molecule has 2 aromatic rings. The van der Waals surface area contributed by atoms with Crippen LogP contribution in [0.5, 0.6) is 0 Å². The Balaban J connectivity index is 1.49. The number of carbonyl (C=O) groups excluding carboxylic acids is 1. The van der Waals surface area contributed by atoms with Crippen molar-refractivity contribution in [3.05, 3.63) is 47.7 Å². The number of rotatable bonds is 6. The van der Waals surface area contributed by atoms with Gasteiger partial charge in [0.05, 0.1) is 13.2 Å². The molecular weight excluding hydrogens is 318 g/mol. The number of aryl methyl sites for hydroxylation is 1. The van der Waals surface area contributed by atoms with E-state index < -0.39 is 0 Å². The van der Waals surface area contributed by atoms with Gasteiger partial charge >= 0.3 is 0 Å². The number of benzene rings is 1. The van der Waals surface area contributed by atoms with E-state index in [0.717, 1.165) is 44.1 Å². The molecule has 132 valence electrons. The molecule has 1 saturated heterocycles. The summed E-state index contributed by atoms with van der Waals surface area (Å²) in [6, 6.07) is 11.4. The van der Waals surface area contributed by atoms with E-state index in [4.69, 9.17) is 4.74 Å². The zero-order valence-electron chi connectivity index (χ0n) is 14.4. The maximum Gasteiger partial charge on any atom is 0.271 e. The average molecular weight is 341 g/mol. The number of para-hydroxylation sites is 1. The summed E-state index contributed by atoms with van der Waals surface area (Å²) in [6.07, 6.45) is 0. The van der Waals surface area contributed by atoms with E-state index in [0.29, 0.717) is 18.1 Å². The van der Waals surface area contributed by atoms with Crippen molar-refractivity contribution in [2.75, 3.05) is 44.7 Å². The number of nitrogens with zero attached hydrogens (tertiary/aromatic N) is 3. The molecule has 0 saturated carbocycles. The van der Waals surface area contributed by atoms with Crippen LogP contribution in [-0.4, -0.2) is 60.4 Å². The number of ether oxygens (including phenoxy) is 1. The van der Waals surface area contributed by atoms with Crippen molar-refractivity contribution in [2.45, 2.75) is 6.92 Å². The average Bonchev–Trinajstić information content (AvgIpc) is 2.65. The number of aromatic nitrogens is 2. The van der Waals surface area contributed by atoms with Crippen LogP contribution in [0.15, 0.2) is 36.4 Å². The van der Waals surface area contributed by atoms with E-state index in [1.165, 1.54) is 0 Å². The van der Waals surface area contributed by atoms with Crippen LogP contribution in [0.3, 0.4) is 0 Å². The van der Waals surface area contributed by atoms with Gasteiger partial charge in [-0.2, -0.15) is 0 Å². The summed E-state index contributed by atoms with van der Waals surface area (Å²) in [5.74, 6) is 0.405. The molecule has 1 aliphatic rings. The lowest BCUT2D eigenvalue weighted by atomic mass is 10.2. The third-order valence-corrected chi connectivity index (χ3v) is 4.12. The van der Waals surface area contributed by atoms with Gasteiger partial charge < -0.3 is 15.4 Å². The van der Waals surface area contributed by atoms with Crippen molar-refractivity contribution >= 4 is 17.4 Å². The molecule has 2 N–H and O–H groups in total. The predicted molar refractivity (Wildman–Crippen MR) is 96.1 cm³/mol. The summed E-state index contributed by atoms with van der Waals surface area (Å²) in [6.45, 7) is 6.76. The summed E-state index contributed by atoms with van der Waals surface area (Å²) in [7, 11) is 0. The van der Waals surface area contributed by atoms with Gasteiger partial charge in [-0.3, -0.25) is 9.69 Å². The predicted octanol–water partition coefficient (Wildman–Crippen LogP) is 1.59. The third kappa shape index (κ3) is 4.98. The monoisotopic (exact) mass is 341 g/mol. The maximum atomic E-state index is 12.1.